The Balaban J connectivity index is 0. The van der Waals surface area contributed by atoms with Crippen LogP contribution in [0.25, 0.3) is 0 Å². The van der Waals surface area contributed by atoms with Gasteiger partial charge in [0.25, 0.3) is 0 Å². The van der Waals surface area contributed by atoms with Gasteiger partial charge in [0, 0.05) is 15.5 Å². The second-order valence-corrected chi connectivity index (χ2v) is 3.12. The molecular formula is C6H14B2O2. The minimum Gasteiger partial charge on any atom is -0.387 e. The summed E-state index contributed by atoms with van der Waals surface area (Å²) in [5.74, 6) is 0. The maximum Gasteiger partial charge on any atom is 0.0872 e. The fourth-order valence-electron chi connectivity index (χ4n) is 0. The SMILES string of the molecule is CC(C)(O)C(C)(C)O.[B][B]. The van der Waals surface area contributed by atoms with Crippen molar-refractivity contribution >= 4 is 15.5 Å². The van der Waals surface area contributed by atoms with Gasteiger partial charge in [-0.25, -0.2) is 0 Å². The highest BCUT2D eigenvalue weighted by atomic mass is 16.3. The summed E-state index contributed by atoms with van der Waals surface area (Å²) in [7, 11) is 8.00. The summed E-state index contributed by atoms with van der Waals surface area (Å²) in [6.07, 6.45) is 0. The lowest BCUT2D eigenvalue weighted by molar-refractivity contribution is -0.107. The molecule has 0 aromatic carbocycles. The van der Waals surface area contributed by atoms with E-state index in [1.807, 2.05) is 0 Å². The third-order valence-corrected chi connectivity index (χ3v) is 1.50. The van der Waals surface area contributed by atoms with E-state index < -0.39 is 11.2 Å². The van der Waals surface area contributed by atoms with Crippen LogP contribution < -0.4 is 0 Å². The molecule has 56 valence electrons. The molecule has 2 N–H and O–H groups in total. The molecular weight excluding hydrogens is 126 g/mol. The molecule has 0 aliphatic carbocycles. The van der Waals surface area contributed by atoms with Crippen molar-refractivity contribution in [3.8, 4) is 0 Å². The zero-order chi connectivity index (χ0) is 9.00. The molecule has 4 radical (unpaired) electrons. The molecule has 0 saturated carbocycles. The van der Waals surface area contributed by atoms with Crippen molar-refractivity contribution in [2.75, 3.05) is 0 Å². The van der Waals surface area contributed by atoms with Gasteiger partial charge in [0.1, 0.15) is 0 Å². The Kier molecular flexibility index (Phi) is 5.13. The van der Waals surface area contributed by atoms with Crippen molar-refractivity contribution in [3.63, 3.8) is 0 Å². The van der Waals surface area contributed by atoms with Crippen LogP contribution in [0.1, 0.15) is 27.7 Å². The number of hydrogen-bond acceptors (Lipinski definition) is 2. The number of aliphatic hydroxyl groups is 2. The first kappa shape index (κ1) is 12.7. The highest BCUT2D eigenvalue weighted by molar-refractivity contribution is 6.75. The fourth-order valence-corrected chi connectivity index (χ4v) is 0. The summed E-state index contributed by atoms with van der Waals surface area (Å²) in [6.45, 7) is 6.31. The van der Waals surface area contributed by atoms with E-state index in [0.29, 0.717) is 0 Å². The van der Waals surface area contributed by atoms with Crippen molar-refractivity contribution in [1.82, 2.24) is 0 Å². The Bertz CT molecular complexity index is 68.7. The van der Waals surface area contributed by atoms with Gasteiger partial charge in [-0.05, 0) is 27.7 Å². The molecule has 0 atom stereocenters. The van der Waals surface area contributed by atoms with E-state index in [0.717, 1.165) is 0 Å². The highest BCUT2D eigenvalue weighted by Gasteiger charge is 2.31. The van der Waals surface area contributed by atoms with Gasteiger partial charge >= 0.3 is 0 Å². The Hall–Kier alpha value is 0.0499. The van der Waals surface area contributed by atoms with Crippen LogP contribution in [0.4, 0.5) is 0 Å². The predicted octanol–water partition coefficient (Wildman–Crippen LogP) is -0.233. The third kappa shape index (κ3) is 4.89. The largest absolute Gasteiger partial charge is 0.387 e. The molecule has 0 aliphatic heterocycles. The summed E-state index contributed by atoms with van der Waals surface area (Å²) >= 11 is 0. The van der Waals surface area contributed by atoms with Gasteiger partial charge in [0.05, 0.1) is 11.2 Å². The summed E-state index contributed by atoms with van der Waals surface area (Å²) in [5.41, 5.74) is -2.01. The normalized spacial score (nSPS) is 11.8. The predicted molar refractivity (Wildman–Crippen MR) is 44.1 cm³/mol. The molecule has 0 saturated heterocycles. The third-order valence-electron chi connectivity index (χ3n) is 1.50. The number of hydrogen-bond donors (Lipinski definition) is 2. The molecule has 0 heterocycles. The highest BCUT2D eigenvalue weighted by Crippen LogP contribution is 2.19. The Morgan fingerprint density at radius 3 is 0.900 bits per heavy atom. The monoisotopic (exact) mass is 140 g/mol. The second kappa shape index (κ2) is 4.04. The van der Waals surface area contributed by atoms with E-state index in [1.165, 1.54) is 0 Å². The minimum absolute atomic E-state index is 1.01. The second-order valence-electron chi connectivity index (χ2n) is 3.12. The van der Waals surface area contributed by atoms with Crippen molar-refractivity contribution in [2.24, 2.45) is 0 Å². The van der Waals surface area contributed by atoms with Gasteiger partial charge < -0.3 is 10.2 Å². The zero-order valence-corrected chi connectivity index (χ0v) is 7.05. The Labute approximate surface area is 65.4 Å². The molecule has 0 fully saturated rings. The Morgan fingerprint density at radius 1 is 0.800 bits per heavy atom. The molecule has 0 amide bonds. The number of rotatable bonds is 1. The molecule has 2 nitrogen and oxygen atoms in total. The van der Waals surface area contributed by atoms with Crippen LogP contribution in [0.2, 0.25) is 0 Å². The molecule has 0 aliphatic rings. The van der Waals surface area contributed by atoms with Gasteiger partial charge in [-0.2, -0.15) is 0 Å². The molecule has 4 heteroatoms. The average Bonchev–Trinajstić information content (AvgIpc) is 1.66. The van der Waals surface area contributed by atoms with Crippen LogP contribution >= 0.6 is 0 Å². The molecule has 0 bridgehead atoms. The standard InChI is InChI=1S/C6H14O2.B2/c1-5(2,7)6(3,4)8;1-2/h7-8H,1-4H3;. The molecule has 10 heavy (non-hydrogen) atoms. The van der Waals surface area contributed by atoms with E-state index in [-0.39, 0.29) is 0 Å². The summed E-state index contributed by atoms with van der Waals surface area (Å²) < 4.78 is 0. The van der Waals surface area contributed by atoms with Crippen molar-refractivity contribution in [1.29, 1.82) is 0 Å². The summed E-state index contributed by atoms with van der Waals surface area (Å²) in [5, 5.41) is 18.2. The first-order valence-electron chi connectivity index (χ1n) is 3.03. The molecule has 0 aromatic heterocycles. The minimum atomic E-state index is -1.01. The Morgan fingerprint density at radius 2 is 0.900 bits per heavy atom. The van der Waals surface area contributed by atoms with E-state index in [1.54, 1.807) is 27.7 Å². The topological polar surface area (TPSA) is 40.5 Å². The van der Waals surface area contributed by atoms with E-state index >= 15 is 0 Å². The lowest BCUT2D eigenvalue weighted by Gasteiger charge is -2.31. The van der Waals surface area contributed by atoms with Crippen LogP contribution in [0.15, 0.2) is 0 Å². The van der Waals surface area contributed by atoms with E-state index in [2.05, 4.69) is 15.5 Å². The van der Waals surface area contributed by atoms with Crippen molar-refractivity contribution < 1.29 is 10.2 Å². The maximum absolute atomic E-state index is 9.10. The zero-order valence-electron chi connectivity index (χ0n) is 7.05. The van der Waals surface area contributed by atoms with Crippen LogP contribution in [-0.2, 0) is 0 Å². The average molecular weight is 140 g/mol. The van der Waals surface area contributed by atoms with Crippen molar-refractivity contribution in [2.45, 2.75) is 38.9 Å². The van der Waals surface area contributed by atoms with Gasteiger partial charge in [-0.15, -0.1) is 0 Å². The van der Waals surface area contributed by atoms with E-state index in [9.17, 15) is 0 Å². The molecule has 0 aromatic rings. The lowest BCUT2D eigenvalue weighted by Crippen LogP contribution is -2.44. The van der Waals surface area contributed by atoms with Gasteiger partial charge in [-0.1, -0.05) is 0 Å². The molecule has 0 unspecified atom stereocenters. The van der Waals surface area contributed by atoms with E-state index in [4.69, 9.17) is 10.2 Å². The maximum atomic E-state index is 9.10. The van der Waals surface area contributed by atoms with Gasteiger partial charge in [-0.3, -0.25) is 0 Å². The lowest BCUT2D eigenvalue weighted by atomic mass is 9.81. The summed E-state index contributed by atoms with van der Waals surface area (Å²) in [4.78, 5) is 0. The smallest absolute Gasteiger partial charge is 0.0872 e. The van der Waals surface area contributed by atoms with Gasteiger partial charge in [0.15, 0.2) is 0 Å². The van der Waals surface area contributed by atoms with Gasteiger partial charge in [0.2, 0.25) is 0 Å². The molecule has 0 spiro atoms. The van der Waals surface area contributed by atoms with Crippen LogP contribution in [0, 0.1) is 0 Å². The van der Waals surface area contributed by atoms with Crippen LogP contribution in [-0.4, -0.2) is 36.9 Å². The first-order chi connectivity index (χ1) is 4.25. The quantitative estimate of drug-likeness (QED) is 0.493. The fraction of sp³-hybridized carbons (Fsp3) is 1.00. The van der Waals surface area contributed by atoms with Crippen LogP contribution in [0.3, 0.4) is 0 Å². The van der Waals surface area contributed by atoms with Crippen LogP contribution in [0.5, 0.6) is 0 Å². The summed E-state index contributed by atoms with van der Waals surface area (Å²) in [6, 6.07) is 0. The molecule has 0 rings (SSSR count). The van der Waals surface area contributed by atoms with Crippen molar-refractivity contribution in [3.05, 3.63) is 0 Å². The first-order valence-corrected chi connectivity index (χ1v) is 3.03.